The molecular formula is C29H31FN4O5. The lowest BCUT2D eigenvalue weighted by Gasteiger charge is -2.26. The molecule has 204 valence electrons. The summed E-state index contributed by atoms with van der Waals surface area (Å²) in [6, 6.07) is 13.3. The summed E-state index contributed by atoms with van der Waals surface area (Å²) in [5.74, 6) is -1.92. The molecule has 39 heavy (non-hydrogen) atoms. The van der Waals surface area contributed by atoms with Gasteiger partial charge in [0, 0.05) is 25.0 Å². The van der Waals surface area contributed by atoms with E-state index in [-0.39, 0.29) is 37.9 Å². The number of benzene rings is 2. The van der Waals surface area contributed by atoms with Crippen LogP contribution in [0.5, 0.6) is 0 Å². The molecule has 1 aromatic heterocycles. The first-order valence-corrected chi connectivity index (χ1v) is 12.8. The van der Waals surface area contributed by atoms with Gasteiger partial charge >= 0.3 is 0 Å². The van der Waals surface area contributed by atoms with Crippen molar-refractivity contribution >= 4 is 34.7 Å². The van der Waals surface area contributed by atoms with Gasteiger partial charge in [-0.15, -0.1) is 0 Å². The summed E-state index contributed by atoms with van der Waals surface area (Å²) < 4.78 is 13.4. The Morgan fingerprint density at radius 3 is 2.77 bits per heavy atom. The number of hydrogen-bond donors (Lipinski definition) is 4. The number of aliphatic hydroxyl groups is 2. The number of halogens is 1. The van der Waals surface area contributed by atoms with Gasteiger partial charge in [-0.05, 0) is 48.7 Å². The first kappa shape index (κ1) is 27.9. The summed E-state index contributed by atoms with van der Waals surface area (Å²) in [4.78, 5) is 44.3. The molecule has 2 heterocycles. The molecule has 4 N–H and O–H groups in total. The Balaban J connectivity index is 1.38. The topological polar surface area (TPSA) is 132 Å². The number of aromatic nitrogens is 1. The van der Waals surface area contributed by atoms with Crippen molar-refractivity contribution in [1.82, 2.24) is 20.5 Å². The van der Waals surface area contributed by atoms with Crippen molar-refractivity contribution in [3.05, 3.63) is 83.3 Å². The lowest BCUT2D eigenvalue weighted by atomic mass is 10.00. The molecule has 3 aromatic rings. The van der Waals surface area contributed by atoms with Crippen LogP contribution >= 0.6 is 0 Å². The predicted octanol–water partition coefficient (Wildman–Crippen LogP) is 2.34. The number of carbonyl (C=O) groups is 3. The molecule has 9 nitrogen and oxygen atoms in total. The molecule has 1 saturated heterocycles. The maximum Gasteiger partial charge on any atom is 0.270 e. The van der Waals surface area contributed by atoms with Crippen molar-refractivity contribution in [2.45, 2.75) is 38.0 Å². The number of nitrogens with zero attached hydrogens (tertiary/aromatic N) is 2. The minimum Gasteiger partial charge on any atom is -0.396 e. The van der Waals surface area contributed by atoms with Crippen LogP contribution in [0.2, 0.25) is 0 Å². The quantitative estimate of drug-likeness (QED) is 0.333. The van der Waals surface area contributed by atoms with Crippen LogP contribution in [-0.4, -0.2) is 69.7 Å². The molecular weight excluding hydrogens is 503 g/mol. The van der Waals surface area contributed by atoms with Gasteiger partial charge in [0.15, 0.2) is 0 Å². The number of rotatable bonds is 9. The molecule has 3 amide bonds. The number of likely N-dealkylation sites (tertiary alicyclic amines) is 1. The van der Waals surface area contributed by atoms with E-state index in [0.29, 0.717) is 17.3 Å². The van der Waals surface area contributed by atoms with Crippen molar-refractivity contribution in [3.63, 3.8) is 0 Å². The Bertz CT molecular complexity index is 1400. The van der Waals surface area contributed by atoms with Crippen molar-refractivity contribution in [3.8, 4) is 0 Å². The van der Waals surface area contributed by atoms with Crippen molar-refractivity contribution < 1.29 is 29.0 Å². The van der Waals surface area contributed by atoms with Gasteiger partial charge in [0.2, 0.25) is 11.8 Å². The first-order valence-electron chi connectivity index (χ1n) is 12.8. The zero-order valence-corrected chi connectivity index (χ0v) is 21.5. The number of carbonyl (C=O) groups excluding carboxylic acids is 3. The summed E-state index contributed by atoms with van der Waals surface area (Å²) in [6.45, 7) is 1.46. The second-order valence-electron chi connectivity index (χ2n) is 9.44. The average Bonchev–Trinajstić information content (AvgIpc) is 3.33. The number of nitrogens with one attached hydrogen (secondary N) is 2. The summed E-state index contributed by atoms with van der Waals surface area (Å²) >= 11 is 0. The van der Waals surface area contributed by atoms with E-state index in [1.54, 1.807) is 6.07 Å². The summed E-state index contributed by atoms with van der Waals surface area (Å²) in [5, 5.41) is 25.3. The van der Waals surface area contributed by atoms with Crippen LogP contribution in [-0.2, 0) is 9.59 Å². The molecule has 0 aliphatic carbocycles. The lowest BCUT2D eigenvalue weighted by Crippen LogP contribution is -2.49. The second kappa shape index (κ2) is 12.6. The average molecular weight is 535 g/mol. The second-order valence-corrected chi connectivity index (χ2v) is 9.44. The SMILES string of the molecule is C[C@H](NC(=O)[C@@H]1C[C@@H](O)CN1C(=O)CNC(=O)c1ccc2cc(F)ccc2n1)c1ccccc1/C=C/CCO. The summed E-state index contributed by atoms with van der Waals surface area (Å²) in [6.07, 6.45) is 3.46. The van der Waals surface area contributed by atoms with E-state index >= 15 is 0 Å². The Morgan fingerprint density at radius 2 is 1.97 bits per heavy atom. The number of hydrogen-bond acceptors (Lipinski definition) is 6. The van der Waals surface area contributed by atoms with E-state index < -0.39 is 35.7 Å². The first-order chi connectivity index (χ1) is 18.8. The highest BCUT2D eigenvalue weighted by molar-refractivity contribution is 5.97. The fourth-order valence-electron chi connectivity index (χ4n) is 4.64. The van der Waals surface area contributed by atoms with Crippen molar-refractivity contribution in [2.75, 3.05) is 19.7 Å². The highest BCUT2D eigenvalue weighted by Gasteiger charge is 2.39. The Hall–Kier alpha value is -4.15. The van der Waals surface area contributed by atoms with Crippen molar-refractivity contribution in [2.24, 2.45) is 0 Å². The van der Waals surface area contributed by atoms with Crippen LogP contribution in [0.4, 0.5) is 4.39 Å². The van der Waals surface area contributed by atoms with E-state index in [1.807, 2.05) is 43.3 Å². The van der Waals surface area contributed by atoms with Crippen molar-refractivity contribution in [1.29, 1.82) is 0 Å². The number of aliphatic hydroxyl groups excluding tert-OH is 2. The smallest absolute Gasteiger partial charge is 0.270 e. The molecule has 0 saturated carbocycles. The monoisotopic (exact) mass is 534 g/mol. The van der Waals surface area contributed by atoms with Crippen LogP contribution < -0.4 is 10.6 Å². The Kier molecular flexibility index (Phi) is 9.00. The van der Waals surface area contributed by atoms with Gasteiger partial charge in [-0.1, -0.05) is 42.5 Å². The minimum absolute atomic E-state index is 0.0263. The van der Waals surface area contributed by atoms with Crippen LogP contribution in [0.1, 0.15) is 47.4 Å². The Morgan fingerprint density at radius 1 is 1.18 bits per heavy atom. The lowest BCUT2D eigenvalue weighted by molar-refractivity contribution is -0.138. The molecule has 0 unspecified atom stereocenters. The standard InChI is InChI=1S/C29H31FN4O5/c1-18(23-8-3-2-6-19(23)7-4-5-13-35)32-29(39)26-15-22(36)17-34(26)27(37)16-31-28(38)25-11-9-20-14-21(30)10-12-24(20)33-25/h2-4,6-12,14,18,22,26,35-36H,5,13,15-17H2,1H3,(H,31,38)(H,32,39)/b7-4+/t18-,22+,26-/m0/s1. The third kappa shape index (κ3) is 6.84. The summed E-state index contributed by atoms with van der Waals surface area (Å²) in [5.41, 5.74) is 2.27. The molecule has 10 heteroatoms. The summed E-state index contributed by atoms with van der Waals surface area (Å²) in [7, 11) is 0. The number of pyridine rings is 1. The molecule has 1 aliphatic rings. The van der Waals surface area contributed by atoms with Gasteiger partial charge in [-0.2, -0.15) is 0 Å². The van der Waals surface area contributed by atoms with Crippen LogP contribution in [0, 0.1) is 5.82 Å². The zero-order valence-electron chi connectivity index (χ0n) is 21.5. The molecule has 0 spiro atoms. The van der Waals surface area contributed by atoms with Crippen LogP contribution in [0.25, 0.3) is 17.0 Å². The third-order valence-electron chi connectivity index (χ3n) is 6.60. The molecule has 1 aliphatic heterocycles. The maximum absolute atomic E-state index is 13.4. The molecule has 1 fully saturated rings. The number of fused-ring (bicyclic) bond motifs is 1. The van der Waals surface area contributed by atoms with Gasteiger partial charge < -0.3 is 25.7 Å². The van der Waals surface area contributed by atoms with Gasteiger partial charge in [0.1, 0.15) is 17.6 Å². The molecule has 2 aromatic carbocycles. The molecule has 0 bridgehead atoms. The largest absolute Gasteiger partial charge is 0.396 e. The van der Waals surface area contributed by atoms with E-state index in [9.17, 15) is 23.9 Å². The van der Waals surface area contributed by atoms with E-state index in [4.69, 9.17) is 5.11 Å². The van der Waals surface area contributed by atoms with E-state index in [1.165, 1.54) is 29.2 Å². The van der Waals surface area contributed by atoms with Crippen LogP contribution in [0.15, 0.2) is 60.7 Å². The highest BCUT2D eigenvalue weighted by Crippen LogP contribution is 2.23. The van der Waals surface area contributed by atoms with Gasteiger partial charge in [0.25, 0.3) is 5.91 Å². The fraction of sp³-hybridized carbons (Fsp3) is 0.310. The zero-order chi connectivity index (χ0) is 27.9. The highest BCUT2D eigenvalue weighted by atomic mass is 19.1. The Labute approximate surface area is 225 Å². The predicted molar refractivity (Wildman–Crippen MR) is 144 cm³/mol. The molecule has 0 radical (unpaired) electrons. The maximum atomic E-state index is 13.4. The third-order valence-corrected chi connectivity index (χ3v) is 6.60. The van der Waals surface area contributed by atoms with E-state index in [2.05, 4.69) is 15.6 Å². The number of amides is 3. The van der Waals surface area contributed by atoms with Crippen LogP contribution in [0.3, 0.4) is 0 Å². The minimum atomic E-state index is -0.891. The van der Waals surface area contributed by atoms with Gasteiger partial charge in [-0.25, -0.2) is 9.37 Å². The van der Waals surface area contributed by atoms with Gasteiger partial charge in [-0.3, -0.25) is 14.4 Å². The van der Waals surface area contributed by atoms with E-state index in [0.717, 1.165) is 11.1 Å². The number of β-amino-alcohol motifs (C(OH)–C–C–N with tert-alkyl or cyclic N) is 1. The normalized spacial score (nSPS) is 17.9. The molecule has 4 rings (SSSR count). The molecule has 3 atom stereocenters. The fourth-order valence-corrected chi connectivity index (χ4v) is 4.64. The van der Waals surface area contributed by atoms with Gasteiger partial charge in [0.05, 0.1) is 24.2 Å².